The van der Waals surface area contributed by atoms with E-state index in [2.05, 4.69) is 30.3 Å². The number of benzene rings is 1. The molecule has 3 heteroatoms. The second-order valence-corrected chi connectivity index (χ2v) is 3.34. The van der Waals surface area contributed by atoms with Crippen molar-refractivity contribution in [2.45, 2.75) is 6.42 Å². The minimum absolute atomic E-state index is 0. The van der Waals surface area contributed by atoms with Crippen molar-refractivity contribution in [2.24, 2.45) is 5.84 Å². The summed E-state index contributed by atoms with van der Waals surface area (Å²) in [6, 6.07) is 10.5. The highest BCUT2D eigenvalue weighted by molar-refractivity contribution is 5.85. The van der Waals surface area contributed by atoms with E-state index in [1.54, 1.807) is 0 Å². The fourth-order valence-electron chi connectivity index (χ4n) is 1.60. The van der Waals surface area contributed by atoms with E-state index in [-0.39, 0.29) is 12.4 Å². The van der Waals surface area contributed by atoms with Crippen LogP contribution in [0.5, 0.6) is 0 Å². The first-order valence-corrected chi connectivity index (χ1v) is 4.60. The molecule has 0 atom stereocenters. The molecule has 0 fully saturated rings. The molecule has 0 radical (unpaired) electrons. The maximum atomic E-state index is 5.66. The summed E-state index contributed by atoms with van der Waals surface area (Å²) >= 11 is 0. The number of halogens is 1. The lowest BCUT2D eigenvalue weighted by Gasteiger charge is -2.21. The Morgan fingerprint density at radius 2 is 1.86 bits per heavy atom. The lowest BCUT2D eigenvalue weighted by atomic mass is 10.0. The summed E-state index contributed by atoms with van der Waals surface area (Å²) in [5, 5.41) is 1.84. The Morgan fingerprint density at radius 3 is 2.43 bits per heavy atom. The lowest BCUT2D eigenvalue weighted by molar-refractivity contribution is 0.314. The van der Waals surface area contributed by atoms with Crippen molar-refractivity contribution in [3.63, 3.8) is 0 Å². The number of nitrogens with two attached hydrogens (primary N) is 1. The molecule has 0 spiro atoms. The summed E-state index contributed by atoms with van der Waals surface area (Å²) in [4.78, 5) is 0. The molecule has 1 aliphatic heterocycles. The zero-order valence-corrected chi connectivity index (χ0v) is 8.83. The Hall–Kier alpha value is -0.830. The first-order valence-electron chi connectivity index (χ1n) is 4.60. The van der Waals surface area contributed by atoms with Gasteiger partial charge in [-0.25, -0.2) is 5.01 Å². The fraction of sp³-hybridized carbons (Fsp3) is 0.273. The molecule has 1 aromatic rings. The molecule has 0 bridgehead atoms. The second kappa shape index (κ2) is 5.15. The predicted molar refractivity (Wildman–Crippen MR) is 62.0 cm³/mol. The molecular weight excluding hydrogens is 196 g/mol. The van der Waals surface area contributed by atoms with Crippen LogP contribution >= 0.6 is 12.4 Å². The molecule has 0 aliphatic carbocycles. The molecule has 2 rings (SSSR count). The van der Waals surface area contributed by atoms with Gasteiger partial charge < -0.3 is 0 Å². The summed E-state index contributed by atoms with van der Waals surface area (Å²) in [6.07, 6.45) is 3.26. The lowest BCUT2D eigenvalue weighted by Crippen LogP contribution is -2.34. The third-order valence-electron chi connectivity index (χ3n) is 2.39. The van der Waals surface area contributed by atoms with Crippen LogP contribution in [0.25, 0.3) is 5.57 Å². The van der Waals surface area contributed by atoms with Gasteiger partial charge in [-0.2, -0.15) is 0 Å². The van der Waals surface area contributed by atoms with E-state index < -0.39 is 0 Å². The second-order valence-electron chi connectivity index (χ2n) is 3.34. The van der Waals surface area contributed by atoms with Crippen LogP contribution in [0.2, 0.25) is 0 Å². The van der Waals surface area contributed by atoms with Crippen molar-refractivity contribution in [3.8, 4) is 0 Å². The smallest absolute Gasteiger partial charge is 0.0315 e. The van der Waals surface area contributed by atoms with Crippen molar-refractivity contribution in [2.75, 3.05) is 13.1 Å². The maximum Gasteiger partial charge on any atom is 0.0315 e. The van der Waals surface area contributed by atoms with E-state index >= 15 is 0 Å². The van der Waals surface area contributed by atoms with E-state index in [0.717, 1.165) is 19.5 Å². The molecule has 76 valence electrons. The molecule has 0 amide bonds. The van der Waals surface area contributed by atoms with Crippen LogP contribution in [0.4, 0.5) is 0 Å². The quantitative estimate of drug-likeness (QED) is 0.720. The van der Waals surface area contributed by atoms with Gasteiger partial charge in [0.05, 0.1) is 0 Å². The molecule has 0 unspecified atom stereocenters. The van der Waals surface area contributed by atoms with Gasteiger partial charge in [-0.3, -0.25) is 5.84 Å². The summed E-state index contributed by atoms with van der Waals surface area (Å²) in [5.41, 5.74) is 2.75. The molecule has 2 nitrogen and oxygen atoms in total. The Labute approximate surface area is 90.8 Å². The number of hydrogen-bond donors (Lipinski definition) is 1. The highest BCUT2D eigenvalue weighted by atomic mass is 35.5. The first kappa shape index (κ1) is 11.2. The largest absolute Gasteiger partial charge is 0.268 e. The fourth-order valence-corrected chi connectivity index (χ4v) is 1.60. The van der Waals surface area contributed by atoms with Crippen molar-refractivity contribution in [1.82, 2.24) is 5.01 Å². The number of rotatable bonds is 1. The van der Waals surface area contributed by atoms with Gasteiger partial charge in [-0.1, -0.05) is 36.4 Å². The number of hydrazine groups is 1. The summed E-state index contributed by atoms with van der Waals surface area (Å²) in [5.74, 6) is 5.66. The van der Waals surface area contributed by atoms with Gasteiger partial charge in [0.25, 0.3) is 0 Å². The summed E-state index contributed by atoms with van der Waals surface area (Å²) in [6.45, 7) is 1.82. The van der Waals surface area contributed by atoms with Crippen molar-refractivity contribution >= 4 is 18.0 Å². The van der Waals surface area contributed by atoms with Crippen LogP contribution in [0.3, 0.4) is 0 Å². The molecule has 1 aliphatic rings. The van der Waals surface area contributed by atoms with Crippen LogP contribution < -0.4 is 5.84 Å². The van der Waals surface area contributed by atoms with Gasteiger partial charge in [-0.05, 0) is 17.6 Å². The van der Waals surface area contributed by atoms with Gasteiger partial charge in [0, 0.05) is 13.1 Å². The molecule has 1 heterocycles. The Kier molecular flexibility index (Phi) is 4.14. The Balaban J connectivity index is 0.000000980. The summed E-state index contributed by atoms with van der Waals surface area (Å²) < 4.78 is 0. The highest BCUT2D eigenvalue weighted by Gasteiger charge is 2.08. The summed E-state index contributed by atoms with van der Waals surface area (Å²) in [7, 11) is 0. The standard InChI is InChI=1S/C11H14N2.ClH/c12-13-8-6-11(7-9-13)10-4-2-1-3-5-10;/h1-6H,7-9,12H2;1H. The van der Waals surface area contributed by atoms with Crippen LogP contribution in [-0.4, -0.2) is 18.1 Å². The molecule has 0 saturated carbocycles. The number of nitrogens with zero attached hydrogens (tertiary/aromatic N) is 1. The highest BCUT2D eigenvalue weighted by Crippen LogP contribution is 2.20. The van der Waals surface area contributed by atoms with Crippen molar-refractivity contribution < 1.29 is 0 Å². The predicted octanol–water partition coefficient (Wildman–Crippen LogP) is 2.07. The van der Waals surface area contributed by atoms with Crippen LogP contribution in [0, 0.1) is 0 Å². The Morgan fingerprint density at radius 1 is 1.14 bits per heavy atom. The SMILES string of the molecule is Cl.NN1CC=C(c2ccccc2)CC1. The molecule has 0 saturated heterocycles. The maximum absolute atomic E-state index is 5.66. The van der Waals surface area contributed by atoms with Crippen LogP contribution in [0.1, 0.15) is 12.0 Å². The first-order chi connectivity index (χ1) is 6.36. The minimum atomic E-state index is 0. The number of hydrogen-bond acceptors (Lipinski definition) is 2. The van der Waals surface area contributed by atoms with Crippen LogP contribution in [-0.2, 0) is 0 Å². The average molecular weight is 211 g/mol. The van der Waals surface area contributed by atoms with E-state index in [0.29, 0.717) is 0 Å². The Bertz CT molecular complexity index is 308. The van der Waals surface area contributed by atoms with Crippen molar-refractivity contribution in [1.29, 1.82) is 0 Å². The van der Waals surface area contributed by atoms with Gasteiger partial charge in [0.1, 0.15) is 0 Å². The van der Waals surface area contributed by atoms with E-state index in [9.17, 15) is 0 Å². The van der Waals surface area contributed by atoms with Gasteiger partial charge in [-0.15, -0.1) is 12.4 Å². The van der Waals surface area contributed by atoms with E-state index in [1.165, 1.54) is 11.1 Å². The molecular formula is C11H15ClN2. The third kappa shape index (κ3) is 2.58. The van der Waals surface area contributed by atoms with Gasteiger partial charge >= 0.3 is 0 Å². The monoisotopic (exact) mass is 210 g/mol. The normalized spacial score (nSPS) is 17.1. The van der Waals surface area contributed by atoms with Crippen LogP contribution in [0.15, 0.2) is 36.4 Å². The van der Waals surface area contributed by atoms with Gasteiger partial charge in [0.2, 0.25) is 0 Å². The zero-order valence-electron chi connectivity index (χ0n) is 8.02. The topological polar surface area (TPSA) is 29.3 Å². The zero-order chi connectivity index (χ0) is 9.10. The molecule has 2 N–H and O–H groups in total. The molecule has 1 aromatic carbocycles. The van der Waals surface area contributed by atoms with Gasteiger partial charge in [0.15, 0.2) is 0 Å². The van der Waals surface area contributed by atoms with E-state index in [4.69, 9.17) is 5.84 Å². The average Bonchev–Trinajstić information content (AvgIpc) is 2.20. The molecule has 0 aromatic heterocycles. The molecule has 14 heavy (non-hydrogen) atoms. The third-order valence-corrected chi connectivity index (χ3v) is 2.39. The minimum Gasteiger partial charge on any atom is -0.268 e. The van der Waals surface area contributed by atoms with Crippen molar-refractivity contribution in [3.05, 3.63) is 42.0 Å². The van der Waals surface area contributed by atoms with E-state index in [1.807, 2.05) is 11.1 Å².